The van der Waals surface area contributed by atoms with Crippen LogP contribution >= 0.6 is 0 Å². The van der Waals surface area contributed by atoms with Gasteiger partial charge < -0.3 is 20.3 Å². The summed E-state index contributed by atoms with van der Waals surface area (Å²) in [6.07, 6.45) is 82.6. The number of rotatable bonds is 67. The minimum Gasteiger partial charge on any atom is -0.466 e. The molecule has 458 valence electrons. The Bertz CT molecular complexity index is 1160. The molecule has 6 heteroatoms. The molecule has 0 aromatic heterocycles. The van der Waals surface area contributed by atoms with Crippen LogP contribution in [0.3, 0.4) is 0 Å². The standard InChI is InChI=1S/C71H139NO5/c1-3-5-7-9-11-13-15-17-18-19-20-21-22-23-24-27-30-33-36-40-43-47-51-55-59-63-69(74)68(67-73)72-70(75)64-60-56-52-48-44-41-37-34-31-28-25-26-29-32-35-38-42-46-50-54-58-62-66-77-71(76)65-61-57-53-49-45-39-16-14-12-10-8-6-4-2/h14,16,68-69,73-74H,3-13,15,17-67H2,1-2H3,(H,72,75)/b16-14-. The lowest BCUT2D eigenvalue weighted by Gasteiger charge is -2.22. The van der Waals surface area contributed by atoms with Crippen LogP contribution in [0.5, 0.6) is 0 Å². The van der Waals surface area contributed by atoms with Crippen molar-refractivity contribution in [2.24, 2.45) is 0 Å². The lowest BCUT2D eigenvalue weighted by Crippen LogP contribution is -2.45. The van der Waals surface area contributed by atoms with Gasteiger partial charge in [0.05, 0.1) is 25.4 Å². The Morgan fingerprint density at radius 3 is 0.935 bits per heavy atom. The van der Waals surface area contributed by atoms with E-state index in [0.717, 1.165) is 44.9 Å². The van der Waals surface area contributed by atoms with Crippen molar-refractivity contribution < 1.29 is 24.5 Å². The summed E-state index contributed by atoms with van der Waals surface area (Å²) in [7, 11) is 0. The van der Waals surface area contributed by atoms with Crippen LogP contribution in [-0.2, 0) is 14.3 Å². The van der Waals surface area contributed by atoms with Crippen LogP contribution in [0.2, 0.25) is 0 Å². The molecule has 0 saturated heterocycles. The maximum absolute atomic E-state index is 12.6. The van der Waals surface area contributed by atoms with Crippen LogP contribution in [-0.4, -0.2) is 47.4 Å². The van der Waals surface area contributed by atoms with Crippen molar-refractivity contribution in [1.82, 2.24) is 5.32 Å². The van der Waals surface area contributed by atoms with Crippen molar-refractivity contribution in [3.8, 4) is 0 Å². The van der Waals surface area contributed by atoms with Crippen molar-refractivity contribution in [2.45, 2.75) is 418 Å². The summed E-state index contributed by atoms with van der Waals surface area (Å²) >= 11 is 0. The first-order valence-corrected chi connectivity index (χ1v) is 35.4. The zero-order valence-corrected chi connectivity index (χ0v) is 52.5. The fourth-order valence-corrected chi connectivity index (χ4v) is 11.4. The predicted molar refractivity (Wildman–Crippen MR) is 338 cm³/mol. The van der Waals surface area contributed by atoms with Gasteiger partial charge in [-0.15, -0.1) is 0 Å². The number of aliphatic hydroxyl groups excluding tert-OH is 2. The maximum Gasteiger partial charge on any atom is 0.305 e. The van der Waals surface area contributed by atoms with E-state index in [0.29, 0.717) is 25.9 Å². The average Bonchev–Trinajstić information content (AvgIpc) is 3.43. The number of esters is 1. The Kier molecular flexibility index (Phi) is 65.9. The van der Waals surface area contributed by atoms with Crippen LogP contribution in [0.15, 0.2) is 12.2 Å². The lowest BCUT2D eigenvalue weighted by molar-refractivity contribution is -0.143. The van der Waals surface area contributed by atoms with Crippen LogP contribution in [0.4, 0.5) is 0 Å². The van der Waals surface area contributed by atoms with E-state index in [1.165, 1.54) is 327 Å². The van der Waals surface area contributed by atoms with Crippen LogP contribution in [0.1, 0.15) is 406 Å². The molecule has 0 aromatic carbocycles. The number of unbranched alkanes of at least 4 members (excludes halogenated alkanes) is 54. The third kappa shape index (κ3) is 63.6. The monoisotopic (exact) mass is 1090 g/mol. The quantitative estimate of drug-likeness (QED) is 0.0320. The van der Waals surface area contributed by atoms with Crippen molar-refractivity contribution in [2.75, 3.05) is 13.2 Å². The lowest BCUT2D eigenvalue weighted by atomic mass is 10.0. The molecule has 77 heavy (non-hydrogen) atoms. The minimum absolute atomic E-state index is 0.00528. The largest absolute Gasteiger partial charge is 0.466 e. The van der Waals surface area contributed by atoms with Crippen LogP contribution in [0, 0.1) is 0 Å². The van der Waals surface area contributed by atoms with Gasteiger partial charge in [-0.05, 0) is 51.4 Å². The number of hydrogen-bond acceptors (Lipinski definition) is 5. The van der Waals surface area contributed by atoms with E-state index in [2.05, 4.69) is 31.3 Å². The molecule has 2 atom stereocenters. The number of aliphatic hydroxyl groups is 2. The number of nitrogens with one attached hydrogen (secondary N) is 1. The summed E-state index contributed by atoms with van der Waals surface area (Å²) in [5.41, 5.74) is 0. The molecule has 0 aliphatic heterocycles. The van der Waals surface area contributed by atoms with Gasteiger partial charge in [-0.2, -0.15) is 0 Å². The van der Waals surface area contributed by atoms with Crippen LogP contribution < -0.4 is 5.32 Å². The molecule has 0 aromatic rings. The van der Waals surface area contributed by atoms with E-state index in [4.69, 9.17) is 4.74 Å². The average molecular weight is 1090 g/mol. The van der Waals surface area contributed by atoms with Gasteiger partial charge >= 0.3 is 5.97 Å². The zero-order chi connectivity index (χ0) is 55.7. The summed E-state index contributed by atoms with van der Waals surface area (Å²) in [4.78, 5) is 24.6. The summed E-state index contributed by atoms with van der Waals surface area (Å²) < 4.78 is 5.48. The van der Waals surface area contributed by atoms with Crippen molar-refractivity contribution in [3.05, 3.63) is 12.2 Å². The molecule has 0 spiro atoms. The van der Waals surface area contributed by atoms with E-state index in [-0.39, 0.29) is 18.5 Å². The van der Waals surface area contributed by atoms with Crippen LogP contribution in [0.25, 0.3) is 0 Å². The van der Waals surface area contributed by atoms with Gasteiger partial charge in [0.2, 0.25) is 5.91 Å². The highest BCUT2D eigenvalue weighted by Crippen LogP contribution is 2.19. The molecule has 6 nitrogen and oxygen atoms in total. The van der Waals surface area contributed by atoms with Crippen molar-refractivity contribution >= 4 is 11.9 Å². The second-order valence-electron chi connectivity index (χ2n) is 24.6. The first-order valence-electron chi connectivity index (χ1n) is 35.4. The second kappa shape index (κ2) is 67.1. The predicted octanol–water partition coefficient (Wildman–Crippen LogP) is 22.8. The SMILES string of the molecule is CCCCCC/C=C\CCCCCCCC(=O)OCCCCCCCCCCCCCCCCCCCCCCCCC(=O)NC(CO)C(O)CCCCCCCCCCCCCCCCCCCCCCCCCCC. The summed E-state index contributed by atoms with van der Waals surface area (Å²) in [5, 5.41) is 23.5. The number of carbonyl (C=O) groups is 2. The molecular formula is C71H139NO5. The normalized spacial score (nSPS) is 12.5. The molecule has 1 amide bonds. The first-order chi connectivity index (χ1) is 38.0. The van der Waals surface area contributed by atoms with Gasteiger partial charge in [0, 0.05) is 12.8 Å². The van der Waals surface area contributed by atoms with Gasteiger partial charge in [0.1, 0.15) is 0 Å². The molecule has 2 unspecified atom stereocenters. The Labute approximate surface area is 482 Å². The van der Waals surface area contributed by atoms with E-state index < -0.39 is 12.1 Å². The topological polar surface area (TPSA) is 95.9 Å². The van der Waals surface area contributed by atoms with E-state index in [9.17, 15) is 19.8 Å². The molecule has 0 fully saturated rings. The molecule has 3 N–H and O–H groups in total. The highest BCUT2D eigenvalue weighted by Gasteiger charge is 2.20. The highest BCUT2D eigenvalue weighted by molar-refractivity contribution is 5.76. The number of ether oxygens (including phenoxy) is 1. The Balaban J connectivity index is 3.38. The Morgan fingerprint density at radius 1 is 0.351 bits per heavy atom. The van der Waals surface area contributed by atoms with Crippen molar-refractivity contribution in [1.29, 1.82) is 0 Å². The summed E-state index contributed by atoms with van der Waals surface area (Å²) in [6.45, 7) is 4.98. The number of allylic oxidation sites excluding steroid dienone is 2. The molecule has 0 bridgehead atoms. The fourth-order valence-electron chi connectivity index (χ4n) is 11.4. The molecule has 0 aliphatic carbocycles. The molecule has 0 radical (unpaired) electrons. The van der Waals surface area contributed by atoms with Gasteiger partial charge in [0.15, 0.2) is 0 Å². The Morgan fingerprint density at radius 2 is 0.610 bits per heavy atom. The van der Waals surface area contributed by atoms with Gasteiger partial charge in [-0.1, -0.05) is 353 Å². The molecule has 0 rings (SSSR count). The first kappa shape index (κ1) is 75.6. The van der Waals surface area contributed by atoms with E-state index in [1.807, 2.05) is 0 Å². The van der Waals surface area contributed by atoms with Gasteiger partial charge in [-0.3, -0.25) is 9.59 Å². The maximum atomic E-state index is 12.6. The van der Waals surface area contributed by atoms with E-state index in [1.54, 1.807) is 0 Å². The summed E-state index contributed by atoms with van der Waals surface area (Å²) in [5.74, 6) is -0.0245. The van der Waals surface area contributed by atoms with Gasteiger partial charge in [0.25, 0.3) is 0 Å². The molecule has 0 saturated carbocycles. The highest BCUT2D eigenvalue weighted by atomic mass is 16.5. The smallest absolute Gasteiger partial charge is 0.305 e. The fraction of sp³-hybridized carbons (Fsp3) is 0.944. The zero-order valence-electron chi connectivity index (χ0n) is 52.5. The number of hydrogen-bond donors (Lipinski definition) is 3. The number of carbonyl (C=O) groups excluding carboxylic acids is 2. The third-order valence-electron chi connectivity index (χ3n) is 16.8. The van der Waals surface area contributed by atoms with Crippen molar-refractivity contribution in [3.63, 3.8) is 0 Å². The number of amides is 1. The second-order valence-corrected chi connectivity index (χ2v) is 24.6. The molecular weight excluding hydrogens is 947 g/mol. The summed E-state index contributed by atoms with van der Waals surface area (Å²) in [6, 6.07) is -0.543. The molecule has 0 aliphatic rings. The minimum atomic E-state index is -0.666. The van der Waals surface area contributed by atoms with Gasteiger partial charge in [-0.25, -0.2) is 0 Å². The third-order valence-corrected chi connectivity index (χ3v) is 16.8. The molecule has 0 heterocycles. The van der Waals surface area contributed by atoms with E-state index >= 15 is 0 Å². The Hall–Kier alpha value is -1.40.